The summed E-state index contributed by atoms with van der Waals surface area (Å²) in [7, 11) is 0. The molecule has 1 saturated heterocycles. The Hall–Kier alpha value is -2.74. The number of amides is 1. The number of hydrogen-bond donors (Lipinski definition) is 0. The summed E-state index contributed by atoms with van der Waals surface area (Å²) in [6, 6.07) is 9.38. The molecule has 0 N–H and O–H groups in total. The molecule has 0 saturated carbocycles. The fourth-order valence-corrected chi connectivity index (χ4v) is 3.46. The van der Waals surface area contributed by atoms with Gasteiger partial charge < -0.3 is 4.90 Å². The first-order chi connectivity index (χ1) is 13.1. The molecule has 0 unspecified atom stereocenters. The van der Waals surface area contributed by atoms with Crippen LogP contribution < -0.4 is 0 Å². The molecule has 3 aromatic rings. The van der Waals surface area contributed by atoms with Gasteiger partial charge in [0.05, 0.1) is 17.3 Å². The Labute approximate surface area is 161 Å². The lowest BCUT2D eigenvalue weighted by molar-refractivity contribution is -0.136. The predicted molar refractivity (Wildman–Crippen MR) is 100 cm³/mol. The molecule has 1 aliphatic rings. The van der Waals surface area contributed by atoms with Crippen LogP contribution in [-0.2, 0) is 4.79 Å². The standard InChI is InChI=1S/C18H20ClN7O/c1-13(26-22-17(21-23-26)14-5-3-2-4-6-14)18(27)24-9-7-16(8-10-24)25-12-15(19)11-20-25/h2-6,11-13,16H,7-10H2,1H3/t13-/m0/s1. The van der Waals surface area contributed by atoms with Gasteiger partial charge in [-0.15, -0.1) is 10.2 Å². The molecule has 0 radical (unpaired) electrons. The molecule has 9 heteroatoms. The average Bonchev–Trinajstić information content (AvgIpc) is 3.37. The molecule has 0 aliphatic carbocycles. The minimum atomic E-state index is -0.495. The molecule has 140 valence electrons. The zero-order valence-corrected chi connectivity index (χ0v) is 15.7. The zero-order chi connectivity index (χ0) is 18.8. The number of aromatic nitrogens is 6. The normalized spacial score (nSPS) is 16.4. The van der Waals surface area contributed by atoms with Crippen molar-refractivity contribution in [3.8, 4) is 11.4 Å². The molecule has 4 rings (SSSR count). The summed E-state index contributed by atoms with van der Waals surface area (Å²) in [6.07, 6.45) is 5.16. The minimum absolute atomic E-state index is 0.00367. The Morgan fingerprint density at radius 1 is 1.22 bits per heavy atom. The van der Waals surface area contributed by atoms with E-state index in [1.807, 2.05) is 46.1 Å². The van der Waals surface area contributed by atoms with Crippen molar-refractivity contribution in [1.29, 1.82) is 0 Å². The number of piperidine rings is 1. The smallest absolute Gasteiger partial charge is 0.249 e. The first-order valence-electron chi connectivity index (χ1n) is 8.95. The summed E-state index contributed by atoms with van der Waals surface area (Å²) in [5.74, 6) is 0.522. The van der Waals surface area contributed by atoms with E-state index in [0.717, 1.165) is 18.4 Å². The van der Waals surface area contributed by atoms with E-state index in [1.54, 1.807) is 13.1 Å². The van der Waals surface area contributed by atoms with Gasteiger partial charge in [0.1, 0.15) is 6.04 Å². The van der Waals surface area contributed by atoms with E-state index >= 15 is 0 Å². The fraction of sp³-hybridized carbons (Fsp3) is 0.389. The maximum Gasteiger partial charge on any atom is 0.249 e. The van der Waals surface area contributed by atoms with Crippen LogP contribution in [0.3, 0.4) is 0 Å². The third kappa shape index (κ3) is 3.71. The summed E-state index contributed by atoms with van der Waals surface area (Å²) in [4.78, 5) is 16.1. The van der Waals surface area contributed by atoms with Crippen LogP contribution >= 0.6 is 11.6 Å². The molecule has 1 fully saturated rings. The number of rotatable bonds is 4. The van der Waals surface area contributed by atoms with Crippen molar-refractivity contribution in [2.75, 3.05) is 13.1 Å². The maximum atomic E-state index is 12.8. The Morgan fingerprint density at radius 2 is 1.96 bits per heavy atom. The van der Waals surface area contributed by atoms with E-state index in [1.165, 1.54) is 4.80 Å². The number of hydrogen-bond acceptors (Lipinski definition) is 5. The third-order valence-corrected chi connectivity index (χ3v) is 5.08. The molecule has 1 atom stereocenters. The van der Waals surface area contributed by atoms with Gasteiger partial charge in [-0.3, -0.25) is 9.48 Å². The summed E-state index contributed by atoms with van der Waals surface area (Å²) < 4.78 is 1.89. The molecule has 8 nitrogen and oxygen atoms in total. The molecule has 0 bridgehead atoms. The molecular formula is C18H20ClN7O. The van der Waals surface area contributed by atoms with Crippen molar-refractivity contribution in [1.82, 2.24) is 34.9 Å². The Bertz CT molecular complexity index is 915. The summed E-state index contributed by atoms with van der Waals surface area (Å²) in [5.41, 5.74) is 0.877. The highest BCUT2D eigenvalue weighted by molar-refractivity contribution is 6.30. The number of tetrazole rings is 1. The van der Waals surface area contributed by atoms with Crippen LogP contribution in [-0.4, -0.2) is 53.9 Å². The van der Waals surface area contributed by atoms with Gasteiger partial charge in [-0.05, 0) is 25.0 Å². The summed E-state index contributed by atoms with van der Waals surface area (Å²) in [5, 5.41) is 17.4. The van der Waals surface area contributed by atoms with E-state index in [-0.39, 0.29) is 11.9 Å². The van der Waals surface area contributed by atoms with Gasteiger partial charge in [-0.25, -0.2) is 0 Å². The van der Waals surface area contributed by atoms with Crippen LogP contribution in [0.1, 0.15) is 31.8 Å². The quantitative estimate of drug-likeness (QED) is 0.689. The Morgan fingerprint density at radius 3 is 2.63 bits per heavy atom. The van der Waals surface area contributed by atoms with Crippen LogP contribution in [0.15, 0.2) is 42.7 Å². The molecular weight excluding hydrogens is 366 g/mol. The number of likely N-dealkylation sites (tertiary alicyclic amines) is 1. The maximum absolute atomic E-state index is 12.8. The second-order valence-corrected chi connectivity index (χ2v) is 7.11. The highest BCUT2D eigenvalue weighted by atomic mass is 35.5. The van der Waals surface area contributed by atoms with E-state index in [9.17, 15) is 4.79 Å². The minimum Gasteiger partial charge on any atom is -0.341 e. The van der Waals surface area contributed by atoms with Gasteiger partial charge in [0.25, 0.3) is 0 Å². The average molecular weight is 386 g/mol. The van der Waals surface area contributed by atoms with Gasteiger partial charge >= 0.3 is 0 Å². The van der Waals surface area contributed by atoms with Gasteiger partial charge in [-0.2, -0.15) is 9.90 Å². The molecule has 1 amide bonds. The largest absolute Gasteiger partial charge is 0.341 e. The van der Waals surface area contributed by atoms with Crippen molar-refractivity contribution in [3.63, 3.8) is 0 Å². The first-order valence-corrected chi connectivity index (χ1v) is 9.33. The second-order valence-electron chi connectivity index (χ2n) is 6.67. The Kier molecular flexibility index (Phi) is 4.89. The van der Waals surface area contributed by atoms with Crippen molar-refractivity contribution >= 4 is 17.5 Å². The molecule has 27 heavy (non-hydrogen) atoms. The second kappa shape index (κ2) is 7.48. The van der Waals surface area contributed by atoms with Gasteiger partial charge in [-0.1, -0.05) is 41.9 Å². The molecule has 1 aliphatic heterocycles. The van der Waals surface area contributed by atoms with Gasteiger partial charge in [0.2, 0.25) is 11.7 Å². The number of benzene rings is 1. The van der Waals surface area contributed by atoms with E-state index in [4.69, 9.17) is 11.6 Å². The monoisotopic (exact) mass is 385 g/mol. The Balaban J connectivity index is 1.39. The highest BCUT2D eigenvalue weighted by Gasteiger charge is 2.29. The summed E-state index contributed by atoms with van der Waals surface area (Å²) in [6.45, 7) is 3.15. The third-order valence-electron chi connectivity index (χ3n) is 4.88. The molecule has 0 spiro atoms. The van der Waals surface area contributed by atoms with Crippen molar-refractivity contribution in [3.05, 3.63) is 47.7 Å². The van der Waals surface area contributed by atoms with Crippen molar-refractivity contribution in [2.24, 2.45) is 0 Å². The lowest BCUT2D eigenvalue weighted by atomic mass is 10.0. The number of nitrogens with zero attached hydrogens (tertiary/aromatic N) is 7. The topological polar surface area (TPSA) is 81.7 Å². The zero-order valence-electron chi connectivity index (χ0n) is 14.9. The first kappa shape index (κ1) is 17.7. The summed E-state index contributed by atoms with van der Waals surface area (Å²) >= 11 is 5.94. The van der Waals surface area contributed by atoms with Crippen LogP contribution in [0.25, 0.3) is 11.4 Å². The van der Waals surface area contributed by atoms with Crippen molar-refractivity contribution in [2.45, 2.75) is 31.8 Å². The SMILES string of the molecule is C[C@@H](C(=O)N1CCC(n2cc(Cl)cn2)CC1)n1nnc(-c2ccccc2)n1. The van der Waals surface area contributed by atoms with Crippen LogP contribution in [0.4, 0.5) is 0 Å². The molecule has 3 heterocycles. The molecule has 2 aromatic heterocycles. The highest BCUT2D eigenvalue weighted by Crippen LogP contribution is 2.24. The van der Waals surface area contributed by atoms with Crippen LogP contribution in [0.5, 0.6) is 0 Å². The van der Waals surface area contributed by atoms with Crippen LogP contribution in [0.2, 0.25) is 5.02 Å². The fourth-order valence-electron chi connectivity index (χ4n) is 3.32. The van der Waals surface area contributed by atoms with Crippen LogP contribution in [0, 0.1) is 0 Å². The van der Waals surface area contributed by atoms with Crippen molar-refractivity contribution < 1.29 is 4.79 Å². The van der Waals surface area contributed by atoms with Gasteiger partial charge in [0.15, 0.2) is 0 Å². The number of carbonyl (C=O) groups is 1. The lowest BCUT2D eigenvalue weighted by Gasteiger charge is -2.33. The van der Waals surface area contributed by atoms with E-state index < -0.39 is 6.04 Å². The predicted octanol–water partition coefficient (Wildman–Crippen LogP) is 2.61. The molecule has 1 aromatic carbocycles. The number of carbonyl (C=O) groups excluding carboxylic acids is 1. The van der Waals surface area contributed by atoms with E-state index in [2.05, 4.69) is 20.5 Å². The van der Waals surface area contributed by atoms with Gasteiger partial charge in [0, 0.05) is 24.8 Å². The lowest BCUT2D eigenvalue weighted by Crippen LogP contribution is -2.42. The van der Waals surface area contributed by atoms with E-state index in [0.29, 0.717) is 23.9 Å². The number of halogens is 1.